The van der Waals surface area contributed by atoms with Crippen molar-refractivity contribution in [3.05, 3.63) is 63.0 Å². The molecule has 4 rings (SSSR count). The first kappa shape index (κ1) is 22.6. The number of aromatic nitrogens is 4. The number of nitrogens with zero attached hydrogens (tertiary/aromatic N) is 2. The molecule has 4 N–H and O–H groups in total. The molecule has 3 aromatic rings. The first-order valence-corrected chi connectivity index (χ1v) is 11.0. The number of H-pyrrole nitrogens is 2. The third-order valence-electron chi connectivity index (χ3n) is 5.40. The summed E-state index contributed by atoms with van der Waals surface area (Å²) in [5.41, 5.74) is 5.03. The fourth-order valence-electron chi connectivity index (χ4n) is 3.73. The molecule has 0 saturated carbocycles. The number of aromatic amines is 2. The second kappa shape index (κ2) is 9.91. The van der Waals surface area contributed by atoms with Crippen LogP contribution in [0.15, 0.2) is 35.1 Å². The van der Waals surface area contributed by atoms with Crippen LogP contribution >= 0.6 is 0 Å². The van der Waals surface area contributed by atoms with Crippen molar-refractivity contribution >= 4 is 17.8 Å². The lowest BCUT2D eigenvalue weighted by molar-refractivity contribution is 0.110. The Bertz CT molecular complexity index is 1210. The third-order valence-corrected chi connectivity index (χ3v) is 5.40. The maximum absolute atomic E-state index is 12.5. The minimum Gasteiger partial charge on any atom is -0.494 e. The Morgan fingerprint density at radius 3 is 2.79 bits per heavy atom. The van der Waals surface area contributed by atoms with Gasteiger partial charge in [0.2, 0.25) is 5.95 Å². The molecule has 0 aliphatic carbocycles. The van der Waals surface area contributed by atoms with Gasteiger partial charge in [0.05, 0.1) is 24.4 Å². The zero-order valence-corrected chi connectivity index (χ0v) is 19.4. The van der Waals surface area contributed by atoms with Gasteiger partial charge in [-0.05, 0) is 44.0 Å². The van der Waals surface area contributed by atoms with Gasteiger partial charge in [-0.25, -0.2) is 4.98 Å². The van der Waals surface area contributed by atoms with E-state index in [0.29, 0.717) is 43.4 Å². The molecule has 0 fully saturated rings. The maximum Gasteiger partial charge on any atom is 0.261 e. The van der Waals surface area contributed by atoms with Crippen LogP contribution in [-0.4, -0.2) is 52.8 Å². The summed E-state index contributed by atoms with van der Waals surface area (Å²) < 4.78 is 10.8. The molecule has 9 heteroatoms. The number of fused-ring (bicyclic) bond motifs is 1. The minimum absolute atomic E-state index is 0.177. The van der Waals surface area contributed by atoms with Crippen molar-refractivity contribution in [2.75, 3.05) is 37.5 Å². The van der Waals surface area contributed by atoms with E-state index in [1.54, 1.807) is 13.3 Å². The molecule has 3 aromatic heterocycles. The highest BCUT2D eigenvalue weighted by atomic mass is 16.5. The minimum atomic E-state index is -0.218. The number of aryl methyl sites for hydroxylation is 1. The fourth-order valence-corrected chi connectivity index (χ4v) is 3.73. The predicted octanol–water partition coefficient (Wildman–Crippen LogP) is 3.31. The van der Waals surface area contributed by atoms with E-state index in [0.717, 1.165) is 34.0 Å². The van der Waals surface area contributed by atoms with Gasteiger partial charge in [-0.2, -0.15) is 0 Å². The quantitative estimate of drug-likeness (QED) is 0.370. The lowest BCUT2D eigenvalue weighted by Crippen LogP contribution is -2.18. The topological polar surface area (TPSA) is 117 Å². The number of hydrogen-bond acceptors (Lipinski definition) is 7. The number of pyridine rings is 1. The van der Waals surface area contributed by atoms with E-state index in [1.165, 1.54) is 0 Å². The summed E-state index contributed by atoms with van der Waals surface area (Å²) in [6, 6.07) is 4.07. The van der Waals surface area contributed by atoms with Crippen molar-refractivity contribution in [2.45, 2.75) is 33.2 Å². The molecule has 9 nitrogen and oxygen atoms in total. The second-order valence-corrected chi connectivity index (χ2v) is 8.30. The van der Waals surface area contributed by atoms with Crippen molar-refractivity contribution in [1.82, 2.24) is 19.9 Å². The first-order valence-electron chi connectivity index (χ1n) is 11.0. The number of nitrogens with one attached hydrogen (secondary N) is 4. The molecule has 1 aliphatic heterocycles. The van der Waals surface area contributed by atoms with E-state index < -0.39 is 0 Å². The van der Waals surface area contributed by atoms with E-state index in [4.69, 9.17) is 14.5 Å². The van der Waals surface area contributed by atoms with Gasteiger partial charge in [-0.15, -0.1) is 0 Å². The smallest absolute Gasteiger partial charge is 0.261 e. The van der Waals surface area contributed by atoms with Crippen molar-refractivity contribution in [1.29, 1.82) is 0 Å². The molecular formula is C24H30N6O3. The summed E-state index contributed by atoms with van der Waals surface area (Å²) in [5.74, 6) is 2.32. The number of anilines is 2. The summed E-state index contributed by atoms with van der Waals surface area (Å²) in [5, 5.41) is 6.45. The molecular weight excluding hydrogens is 420 g/mol. The maximum atomic E-state index is 12.5. The average molecular weight is 451 g/mol. The van der Waals surface area contributed by atoms with Gasteiger partial charge in [0, 0.05) is 43.2 Å². The van der Waals surface area contributed by atoms with Crippen LogP contribution in [0.1, 0.15) is 36.2 Å². The molecule has 0 spiro atoms. The Labute approximate surface area is 192 Å². The van der Waals surface area contributed by atoms with Crippen LogP contribution in [0.2, 0.25) is 0 Å². The Hall–Kier alpha value is -3.59. The molecule has 0 unspecified atom stereocenters. The van der Waals surface area contributed by atoms with E-state index in [9.17, 15) is 4.79 Å². The molecule has 0 radical (unpaired) electrons. The molecule has 0 aromatic carbocycles. The first-order chi connectivity index (χ1) is 15.9. The summed E-state index contributed by atoms with van der Waals surface area (Å²) >= 11 is 0. The van der Waals surface area contributed by atoms with Gasteiger partial charge in [-0.1, -0.05) is 6.07 Å². The number of rotatable bonds is 9. The van der Waals surface area contributed by atoms with Crippen molar-refractivity contribution in [2.24, 2.45) is 0 Å². The van der Waals surface area contributed by atoms with E-state index in [-0.39, 0.29) is 11.6 Å². The number of hydrogen-bond donors (Lipinski definition) is 4. The van der Waals surface area contributed by atoms with Gasteiger partial charge < -0.3 is 25.1 Å². The van der Waals surface area contributed by atoms with Crippen LogP contribution < -0.4 is 16.2 Å². The summed E-state index contributed by atoms with van der Waals surface area (Å²) in [6.45, 7) is 7.64. The van der Waals surface area contributed by atoms with E-state index in [1.807, 2.05) is 39.1 Å². The Morgan fingerprint density at radius 2 is 2.06 bits per heavy atom. The summed E-state index contributed by atoms with van der Waals surface area (Å²) in [4.78, 5) is 27.6. The van der Waals surface area contributed by atoms with Crippen molar-refractivity contribution in [3.63, 3.8) is 0 Å². The molecule has 0 amide bonds. The Kier molecular flexibility index (Phi) is 6.79. The largest absolute Gasteiger partial charge is 0.494 e. The van der Waals surface area contributed by atoms with Crippen LogP contribution in [0.4, 0.5) is 11.8 Å². The molecule has 1 aliphatic rings. The number of ether oxygens (including phenoxy) is 2. The van der Waals surface area contributed by atoms with Gasteiger partial charge in [0.1, 0.15) is 18.2 Å². The zero-order chi connectivity index (χ0) is 23.4. The van der Waals surface area contributed by atoms with Gasteiger partial charge in [0.15, 0.2) is 0 Å². The molecule has 0 saturated heterocycles. The van der Waals surface area contributed by atoms with Crippen LogP contribution in [0, 0.1) is 6.92 Å². The van der Waals surface area contributed by atoms with Crippen LogP contribution in [0.25, 0.3) is 17.3 Å². The monoisotopic (exact) mass is 450 g/mol. The van der Waals surface area contributed by atoms with E-state index >= 15 is 0 Å². The lowest BCUT2D eigenvalue weighted by Gasteiger charge is -2.17. The Morgan fingerprint density at radius 1 is 1.21 bits per heavy atom. The summed E-state index contributed by atoms with van der Waals surface area (Å²) in [7, 11) is 1.66. The highest BCUT2D eigenvalue weighted by Gasteiger charge is 2.17. The van der Waals surface area contributed by atoms with Gasteiger partial charge in [-0.3, -0.25) is 14.8 Å². The highest BCUT2D eigenvalue weighted by Crippen LogP contribution is 2.29. The molecule has 0 bridgehead atoms. The van der Waals surface area contributed by atoms with Crippen LogP contribution in [0.5, 0.6) is 0 Å². The van der Waals surface area contributed by atoms with Gasteiger partial charge >= 0.3 is 0 Å². The fraction of sp³-hybridized carbons (Fsp3) is 0.375. The van der Waals surface area contributed by atoms with E-state index in [2.05, 4.69) is 31.7 Å². The molecule has 33 heavy (non-hydrogen) atoms. The Balaban J connectivity index is 1.53. The highest BCUT2D eigenvalue weighted by molar-refractivity contribution is 5.72. The zero-order valence-electron chi connectivity index (χ0n) is 19.4. The average Bonchev–Trinajstić information content (AvgIpc) is 3.17. The van der Waals surface area contributed by atoms with Gasteiger partial charge in [0.25, 0.3) is 5.56 Å². The predicted molar refractivity (Wildman–Crippen MR) is 129 cm³/mol. The van der Waals surface area contributed by atoms with Crippen molar-refractivity contribution in [3.8, 4) is 11.3 Å². The second-order valence-electron chi connectivity index (χ2n) is 8.30. The molecule has 4 heterocycles. The molecule has 174 valence electrons. The lowest BCUT2D eigenvalue weighted by atomic mass is 10.0. The summed E-state index contributed by atoms with van der Waals surface area (Å²) in [6.07, 6.45) is 6.35. The normalized spacial score (nSPS) is 12.8. The SMILES string of the molecule is COCCOC1=Cc2c(Cc3ccc(-c4cnc(NC(C)C)[nH]c4=O)nc3C)c[nH]c2NC1. The van der Waals surface area contributed by atoms with Crippen LogP contribution in [0.3, 0.4) is 0 Å². The molecule has 0 atom stereocenters. The number of methoxy groups -OCH3 is 1. The van der Waals surface area contributed by atoms with Crippen LogP contribution in [-0.2, 0) is 15.9 Å². The van der Waals surface area contributed by atoms with Crippen molar-refractivity contribution < 1.29 is 9.47 Å². The standard InChI is InChI=1S/C24H30N6O3/c1-14(2)28-24-27-13-20(23(31)30-24)21-6-5-16(15(3)29-21)9-17-11-25-22-19(17)10-18(12-26-22)33-8-7-32-4/h5-6,10-11,13-14,25-26H,7-9,12H2,1-4H3,(H2,27,28,30,31). The third kappa shape index (κ3) is 5.25.